The number of halogens is 4. The highest BCUT2D eigenvalue weighted by molar-refractivity contribution is 9.10. The highest BCUT2D eigenvalue weighted by atomic mass is 79.9. The van der Waals surface area contributed by atoms with E-state index in [0.29, 0.717) is 10.0 Å². The SMILES string of the molecule is CNC(c1cnn(C)c1)c1cc(C(F)(F)F)ccc1Br. The molecule has 0 spiro atoms. The van der Waals surface area contributed by atoms with E-state index in [4.69, 9.17) is 0 Å². The van der Waals surface area contributed by atoms with E-state index in [-0.39, 0.29) is 6.04 Å². The summed E-state index contributed by atoms with van der Waals surface area (Å²) in [5, 5.41) is 7.07. The molecule has 0 radical (unpaired) electrons. The van der Waals surface area contributed by atoms with Gasteiger partial charge in [0.25, 0.3) is 0 Å². The fourth-order valence-corrected chi connectivity index (χ4v) is 2.51. The summed E-state index contributed by atoms with van der Waals surface area (Å²) < 4.78 is 40.7. The van der Waals surface area contributed by atoms with Gasteiger partial charge in [0.15, 0.2) is 0 Å². The molecule has 0 aliphatic carbocycles. The van der Waals surface area contributed by atoms with Gasteiger partial charge in [-0.25, -0.2) is 0 Å². The van der Waals surface area contributed by atoms with Crippen LogP contribution in [0, 0.1) is 0 Å². The van der Waals surface area contributed by atoms with Crippen molar-refractivity contribution in [2.24, 2.45) is 7.05 Å². The molecule has 0 bridgehead atoms. The predicted octanol–water partition coefficient (Wildman–Crippen LogP) is 3.51. The van der Waals surface area contributed by atoms with Crippen LogP contribution in [0.4, 0.5) is 13.2 Å². The lowest BCUT2D eigenvalue weighted by atomic mass is 9.99. The van der Waals surface area contributed by atoms with Crippen molar-refractivity contribution >= 4 is 15.9 Å². The topological polar surface area (TPSA) is 29.9 Å². The number of rotatable bonds is 3. The van der Waals surface area contributed by atoms with Gasteiger partial charge in [0.2, 0.25) is 0 Å². The molecule has 1 N–H and O–H groups in total. The van der Waals surface area contributed by atoms with Crippen molar-refractivity contribution < 1.29 is 13.2 Å². The minimum absolute atomic E-state index is 0.361. The summed E-state index contributed by atoms with van der Waals surface area (Å²) in [4.78, 5) is 0. The van der Waals surface area contributed by atoms with Gasteiger partial charge in [-0.05, 0) is 30.8 Å². The largest absolute Gasteiger partial charge is 0.416 e. The van der Waals surface area contributed by atoms with Crippen LogP contribution in [-0.4, -0.2) is 16.8 Å². The van der Waals surface area contributed by atoms with Crippen LogP contribution in [0.25, 0.3) is 0 Å². The summed E-state index contributed by atoms with van der Waals surface area (Å²) in [5.41, 5.74) is 0.658. The van der Waals surface area contributed by atoms with Gasteiger partial charge >= 0.3 is 6.18 Å². The Kier molecular flexibility index (Phi) is 4.19. The van der Waals surface area contributed by atoms with Gasteiger partial charge in [-0.2, -0.15) is 18.3 Å². The first-order valence-corrected chi connectivity index (χ1v) is 6.64. The zero-order valence-electron chi connectivity index (χ0n) is 10.9. The quantitative estimate of drug-likeness (QED) is 0.920. The van der Waals surface area contributed by atoms with Crippen molar-refractivity contribution in [1.29, 1.82) is 0 Å². The molecule has 20 heavy (non-hydrogen) atoms. The Morgan fingerprint density at radius 2 is 2.05 bits per heavy atom. The van der Waals surface area contributed by atoms with Crippen molar-refractivity contribution in [3.05, 3.63) is 51.8 Å². The van der Waals surface area contributed by atoms with E-state index >= 15 is 0 Å². The number of hydrogen-bond acceptors (Lipinski definition) is 2. The van der Waals surface area contributed by atoms with Crippen LogP contribution in [0.5, 0.6) is 0 Å². The van der Waals surface area contributed by atoms with Crippen LogP contribution >= 0.6 is 15.9 Å². The molecular weight excluding hydrogens is 335 g/mol. The standard InChI is InChI=1S/C13H13BrF3N3/c1-18-12(8-6-19-20(2)7-8)10-5-9(13(15,16)17)3-4-11(10)14/h3-7,12,18H,1-2H3. The first-order valence-electron chi connectivity index (χ1n) is 5.85. The van der Waals surface area contributed by atoms with Gasteiger partial charge in [-0.15, -0.1) is 0 Å². The molecule has 0 amide bonds. The Morgan fingerprint density at radius 3 is 2.55 bits per heavy atom. The smallest absolute Gasteiger partial charge is 0.309 e. The van der Waals surface area contributed by atoms with Crippen LogP contribution in [-0.2, 0) is 13.2 Å². The molecule has 0 aliphatic rings. The molecule has 0 saturated heterocycles. The zero-order valence-corrected chi connectivity index (χ0v) is 12.5. The number of aryl methyl sites for hydroxylation is 1. The molecule has 2 rings (SSSR count). The molecule has 2 aromatic rings. The van der Waals surface area contributed by atoms with Crippen molar-refractivity contribution in [3.8, 4) is 0 Å². The summed E-state index contributed by atoms with van der Waals surface area (Å²) in [7, 11) is 3.46. The molecule has 1 heterocycles. The second-order valence-corrected chi connectivity index (χ2v) is 5.26. The maximum atomic E-state index is 12.8. The fourth-order valence-electron chi connectivity index (χ4n) is 2.03. The third-order valence-electron chi connectivity index (χ3n) is 2.98. The van der Waals surface area contributed by atoms with Crippen LogP contribution in [0.15, 0.2) is 35.1 Å². The first-order chi connectivity index (χ1) is 9.32. The molecule has 1 aromatic carbocycles. The Bertz CT molecular complexity index is 607. The van der Waals surface area contributed by atoms with Gasteiger partial charge in [0.1, 0.15) is 0 Å². The molecule has 3 nitrogen and oxygen atoms in total. The lowest BCUT2D eigenvalue weighted by Crippen LogP contribution is -2.18. The number of benzene rings is 1. The van der Waals surface area contributed by atoms with Gasteiger partial charge < -0.3 is 5.32 Å². The fraction of sp³-hybridized carbons (Fsp3) is 0.308. The van der Waals surface area contributed by atoms with Crippen LogP contribution in [0.2, 0.25) is 0 Å². The molecule has 7 heteroatoms. The highest BCUT2D eigenvalue weighted by Crippen LogP contribution is 2.35. The predicted molar refractivity (Wildman–Crippen MR) is 73.3 cm³/mol. The molecule has 0 aliphatic heterocycles. The average Bonchev–Trinajstić information content (AvgIpc) is 2.77. The van der Waals surface area contributed by atoms with E-state index in [1.807, 2.05) is 0 Å². The third-order valence-corrected chi connectivity index (χ3v) is 3.70. The molecule has 1 atom stereocenters. The summed E-state index contributed by atoms with van der Waals surface area (Å²) in [5.74, 6) is 0. The lowest BCUT2D eigenvalue weighted by molar-refractivity contribution is -0.137. The van der Waals surface area contributed by atoms with Crippen LogP contribution in [0.1, 0.15) is 22.7 Å². The summed E-state index contributed by atoms with van der Waals surface area (Å²) in [6.45, 7) is 0. The zero-order chi connectivity index (χ0) is 14.9. The summed E-state index contributed by atoms with van der Waals surface area (Å²) in [6.07, 6.45) is -0.954. The monoisotopic (exact) mass is 347 g/mol. The Balaban J connectivity index is 2.49. The van der Waals surface area contributed by atoms with E-state index in [2.05, 4.69) is 26.3 Å². The number of hydrogen-bond donors (Lipinski definition) is 1. The first kappa shape index (κ1) is 15.1. The molecule has 1 unspecified atom stereocenters. The molecular formula is C13H13BrF3N3. The highest BCUT2D eigenvalue weighted by Gasteiger charge is 2.31. The van der Waals surface area contributed by atoms with Crippen LogP contribution < -0.4 is 5.32 Å². The van der Waals surface area contributed by atoms with Crippen molar-refractivity contribution in [3.63, 3.8) is 0 Å². The van der Waals surface area contributed by atoms with Gasteiger partial charge in [0.05, 0.1) is 17.8 Å². The lowest BCUT2D eigenvalue weighted by Gasteiger charge is -2.18. The number of nitrogens with zero attached hydrogens (tertiary/aromatic N) is 2. The minimum atomic E-state index is -4.36. The van der Waals surface area contributed by atoms with E-state index < -0.39 is 11.7 Å². The van der Waals surface area contributed by atoms with Gasteiger partial charge in [-0.1, -0.05) is 15.9 Å². The Labute approximate surface area is 122 Å². The van der Waals surface area contributed by atoms with Crippen molar-refractivity contribution in [2.45, 2.75) is 12.2 Å². The molecule has 0 saturated carbocycles. The number of nitrogens with one attached hydrogen (secondary N) is 1. The number of aromatic nitrogens is 2. The van der Waals surface area contributed by atoms with Crippen molar-refractivity contribution in [1.82, 2.24) is 15.1 Å². The molecule has 108 valence electrons. The normalized spacial score (nSPS) is 13.5. The molecule has 1 aromatic heterocycles. The summed E-state index contributed by atoms with van der Waals surface area (Å²) >= 11 is 3.31. The summed E-state index contributed by atoms with van der Waals surface area (Å²) in [6, 6.07) is 3.26. The van der Waals surface area contributed by atoms with Crippen LogP contribution in [0.3, 0.4) is 0 Å². The Morgan fingerprint density at radius 1 is 1.35 bits per heavy atom. The minimum Gasteiger partial charge on any atom is -0.309 e. The molecule has 0 fully saturated rings. The third kappa shape index (κ3) is 3.04. The average molecular weight is 348 g/mol. The van der Waals surface area contributed by atoms with Crippen molar-refractivity contribution in [2.75, 3.05) is 7.05 Å². The van der Waals surface area contributed by atoms with E-state index in [0.717, 1.165) is 17.7 Å². The van der Waals surface area contributed by atoms with E-state index in [9.17, 15) is 13.2 Å². The number of alkyl halides is 3. The van der Waals surface area contributed by atoms with E-state index in [1.54, 1.807) is 31.2 Å². The second kappa shape index (κ2) is 5.57. The van der Waals surface area contributed by atoms with E-state index in [1.165, 1.54) is 6.07 Å². The maximum Gasteiger partial charge on any atom is 0.416 e. The maximum absolute atomic E-state index is 12.8. The second-order valence-electron chi connectivity index (χ2n) is 4.40. The van der Waals surface area contributed by atoms with Gasteiger partial charge in [-0.3, -0.25) is 4.68 Å². The van der Waals surface area contributed by atoms with Gasteiger partial charge in [0, 0.05) is 23.3 Å². The Hall–Kier alpha value is -1.34.